The highest BCUT2D eigenvalue weighted by molar-refractivity contribution is 7.89. The summed E-state index contributed by atoms with van der Waals surface area (Å²) in [6, 6.07) is 8.32. The Labute approximate surface area is 141 Å². The van der Waals surface area contributed by atoms with Crippen LogP contribution in [0.4, 0.5) is 0 Å². The summed E-state index contributed by atoms with van der Waals surface area (Å²) in [6.07, 6.45) is 1.63. The summed E-state index contributed by atoms with van der Waals surface area (Å²) in [5.41, 5.74) is 1.62. The number of aromatic nitrogens is 1. The lowest BCUT2D eigenvalue weighted by Crippen LogP contribution is -2.33. The molecule has 0 amide bonds. The highest BCUT2D eigenvalue weighted by atomic mass is 32.2. The molecule has 2 rings (SSSR count). The SMILES string of the molecule is Cc1cccnc1C(NS(=O)(=O)c1ccc(C(=O)O)cc1)C(C)C. The molecule has 7 heteroatoms. The van der Waals surface area contributed by atoms with Crippen LogP contribution in [0.25, 0.3) is 0 Å². The van der Waals surface area contributed by atoms with E-state index in [1.807, 2.05) is 26.8 Å². The molecule has 0 fully saturated rings. The minimum atomic E-state index is -3.79. The van der Waals surface area contributed by atoms with E-state index in [2.05, 4.69) is 9.71 Å². The molecule has 2 N–H and O–H groups in total. The van der Waals surface area contributed by atoms with Crippen LogP contribution in [0.2, 0.25) is 0 Å². The van der Waals surface area contributed by atoms with Gasteiger partial charge in [0.25, 0.3) is 0 Å². The van der Waals surface area contributed by atoms with E-state index in [0.29, 0.717) is 5.69 Å². The molecule has 1 atom stereocenters. The van der Waals surface area contributed by atoms with E-state index in [9.17, 15) is 13.2 Å². The van der Waals surface area contributed by atoms with Crippen molar-refractivity contribution in [3.63, 3.8) is 0 Å². The number of aryl methyl sites for hydroxylation is 1. The first kappa shape index (κ1) is 18.1. The number of rotatable bonds is 6. The number of carboxylic acid groups (broad SMARTS) is 1. The molecule has 0 radical (unpaired) electrons. The molecular formula is C17H20N2O4S. The van der Waals surface area contributed by atoms with Crippen LogP contribution in [0.15, 0.2) is 47.5 Å². The van der Waals surface area contributed by atoms with Crippen molar-refractivity contribution in [3.05, 3.63) is 59.4 Å². The molecule has 0 saturated heterocycles. The van der Waals surface area contributed by atoms with Crippen molar-refractivity contribution in [2.45, 2.75) is 31.7 Å². The van der Waals surface area contributed by atoms with E-state index in [0.717, 1.165) is 5.56 Å². The second-order valence-electron chi connectivity index (χ2n) is 5.88. The van der Waals surface area contributed by atoms with Crippen LogP contribution in [0, 0.1) is 12.8 Å². The van der Waals surface area contributed by atoms with Gasteiger partial charge in [-0.1, -0.05) is 19.9 Å². The first-order valence-corrected chi connectivity index (χ1v) is 8.98. The van der Waals surface area contributed by atoms with Crippen LogP contribution >= 0.6 is 0 Å². The molecule has 2 aromatic rings. The van der Waals surface area contributed by atoms with Gasteiger partial charge in [-0.25, -0.2) is 17.9 Å². The fourth-order valence-corrected chi connectivity index (χ4v) is 3.69. The molecule has 128 valence electrons. The van der Waals surface area contributed by atoms with E-state index in [1.165, 1.54) is 24.3 Å². The third-order valence-electron chi connectivity index (χ3n) is 3.70. The van der Waals surface area contributed by atoms with Gasteiger partial charge >= 0.3 is 5.97 Å². The Balaban J connectivity index is 2.34. The summed E-state index contributed by atoms with van der Waals surface area (Å²) < 4.78 is 27.9. The van der Waals surface area contributed by atoms with Crippen molar-refractivity contribution >= 4 is 16.0 Å². The Morgan fingerprint density at radius 1 is 1.17 bits per heavy atom. The molecule has 1 heterocycles. The number of sulfonamides is 1. The maximum absolute atomic E-state index is 12.6. The average molecular weight is 348 g/mol. The van der Waals surface area contributed by atoms with Crippen LogP contribution in [0.5, 0.6) is 0 Å². The fourth-order valence-electron chi connectivity index (χ4n) is 2.34. The summed E-state index contributed by atoms with van der Waals surface area (Å²) in [7, 11) is -3.79. The average Bonchev–Trinajstić information content (AvgIpc) is 2.53. The van der Waals surface area contributed by atoms with Gasteiger partial charge in [0.05, 0.1) is 22.2 Å². The van der Waals surface area contributed by atoms with E-state index >= 15 is 0 Å². The number of nitrogens with zero attached hydrogens (tertiary/aromatic N) is 1. The quantitative estimate of drug-likeness (QED) is 0.837. The number of aromatic carboxylic acids is 1. The summed E-state index contributed by atoms with van der Waals surface area (Å²) in [5, 5.41) is 8.90. The van der Waals surface area contributed by atoms with Crippen molar-refractivity contribution < 1.29 is 18.3 Å². The Bertz CT molecular complexity index is 830. The molecule has 0 bridgehead atoms. The van der Waals surface area contributed by atoms with Gasteiger partial charge < -0.3 is 5.11 Å². The lowest BCUT2D eigenvalue weighted by Gasteiger charge is -2.23. The van der Waals surface area contributed by atoms with E-state index in [4.69, 9.17) is 5.11 Å². The number of hydrogen-bond donors (Lipinski definition) is 2. The van der Waals surface area contributed by atoms with Crippen LogP contribution in [0.3, 0.4) is 0 Å². The number of benzene rings is 1. The molecule has 0 spiro atoms. The molecule has 0 aliphatic heterocycles. The number of carboxylic acids is 1. The number of carbonyl (C=O) groups is 1. The third kappa shape index (κ3) is 3.98. The standard InChI is InChI=1S/C17H20N2O4S/c1-11(2)15(16-12(3)5-4-10-18-16)19-24(22,23)14-8-6-13(7-9-14)17(20)21/h4-11,15,19H,1-3H3,(H,20,21). The van der Waals surface area contributed by atoms with Gasteiger partial charge in [0.1, 0.15) is 0 Å². The Kier molecular flexibility index (Phi) is 5.36. The van der Waals surface area contributed by atoms with Crippen LogP contribution in [0.1, 0.15) is 41.5 Å². The van der Waals surface area contributed by atoms with Crippen molar-refractivity contribution in [2.75, 3.05) is 0 Å². The van der Waals surface area contributed by atoms with Crippen molar-refractivity contribution in [3.8, 4) is 0 Å². The zero-order chi connectivity index (χ0) is 17.9. The van der Waals surface area contributed by atoms with Crippen molar-refractivity contribution in [2.24, 2.45) is 5.92 Å². The molecule has 0 aliphatic rings. The van der Waals surface area contributed by atoms with E-state index < -0.39 is 22.0 Å². The normalized spacial score (nSPS) is 13.0. The summed E-state index contributed by atoms with van der Waals surface area (Å²) in [5.74, 6) is -1.11. The highest BCUT2D eigenvalue weighted by Gasteiger charge is 2.26. The van der Waals surface area contributed by atoms with Gasteiger partial charge in [-0.3, -0.25) is 4.98 Å². The summed E-state index contributed by atoms with van der Waals surface area (Å²) >= 11 is 0. The monoisotopic (exact) mass is 348 g/mol. The first-order chi connectivity index (χ1) is 11.2. The third-order valence-corrected chi connectivity index (χ3v) is 5.16. The summed E-state index contributed by atoms with van der Waals surface area (Å²) in [4.78, 5) is 15.2. The fraction of sp³-hybridized carbons (Fsp3) is 0.294. The molecule has 24 heavy (non-hydrogen) atoms. The lowest BCUT2D eigenvalue weighted by molar-refractivity contribution is 0.0696. The number of pyridine rings is 1. The van der Waals surface area contributed by atoms with Gasteiger partial charge in [-0.05, 0) is 48.7 Å². The topological polar surface area (TPSA) is 96.4 Å². The van der Waals surface area contributed by atoms with Crippen molar-refractivity contribution in [1.29, 1.82) is 0 Å². The minimum Gasteiger partial charge on any atom is -0.478 e. The molecule has 0 saturated carbocycles. The number of hydrogen-bond acceptors (Lipinski definition) is 4. The van der Waals surface area contributed by atoms with Gasteiger partial charge in [0, 0.05) is 6.20 Å². The second kappa shape index (κ2) is 7.11. The molecule has 0 aliphatic carbocycles. The largest absolute Gasteiger partial charge is 0.478 e. The predicted octanol–water partition coefficient (Wildman–Crippen LogP) is 2.76. The molecule has 6 nitrogen and oxygen atoms in total. The van der Waals surface area contributed by atoms with E-state index in [1.54, 1.807) is 12.3 Å². The zero-order valence-electron chi connectivity index (χ0n) is 13.7. The number of nitrogens with one attached hydrogen (secondary N) is 1. The Morgan fingerprint density at radius 3 is 2.29 bits per heavy atom. The maximum atomic E-state index is 12.6. The second-order valence-corrected chi connectivity index (χ2v) is 7.59. The van der Waals surface area contributed by atoms with Gasteiger partial charge in [-0.2, -0.15) is 0 Å². The molecular weight excluding hydrogens is 328 g/mol. The first-order valence-electron chi connectivity index (χ1n) is 7.49. The van der Waals surface area contributed by atoms with Crippen LogP contribution in [-0.4, -0.2) is 24.5 Å². The Hall–Kier alpha value is -2.25. The predicted molar refractivity (Wildman–Crippen MR) is 90.3 cm³/mol. The molecule has 1 aromatic heterocycles. The smallest absolute Gasteiger partial charge is 0.335 e. The lowest BCUT2D eigenvalue weighted by atomic mass is 9.98. The molecule has 1 unspecified atom stereocenters. The van der Waals surface area contributed by atoms with Gasteiger partial charge in [0.2, 0.25) is 10.0 Å². The molecule has 1 aromatic carbocycles. The van der Waals surface area contributed by atoms with Gasteiger partial charge in [0.15, 0.2) is 0 Å². The van der Waals surface area contributed by atoms with E-state index in [-0.39, 0.29) is 16.4 Å². The van der Waals surface area contributed by atoms with Crippen LogP contribution in [-0.2, 0) is 10.0 Å². The highest BCUT2D eigenvalue weighted by Crippen LogP contribution is 2.25. The summed E-state index contributed by atoms with van der Waals surface area (Å²) in [6.45, 7) is 5.71. The Morgan fingerprint density at radius 2 is 1.79 bits per heavy atom. The van der Waals surface area contributed by atoms with Crippen LogP contribution < -0.4 is 4.72 Å². The maximum Gasteiger partial charge on any atom is 0.335 e. The van der Waals surface area contributed by atoms with Gasteiger partial charge in [-0.15, -0.1) is 0 Å². The zero-order valence-corrected chi connectivity index (χ0v) is 14.5. The van der Waals surface area contributed by atoms with Crippen molar-refractivity contribution in [1.82, 2.24) is 9.71 Å². The minimum absolute atomic E-state index is 0.00771.